The van der Waals surface area contributed by atoms with Crippen LogP contribution in [0.15, 0.2) is 0 Å². The standard InChI is InChI=1S/C15H28N4O2S/c1-12(2)21-9-7-13-6-4-5-8-18(13)11-19-15(22)17(3)14(10-20)16-19/h12-13,20H,4-11H2,1-3H3. The van der Waals surface area contributed by atoms with Gasteiger partial charge in [-0.25, -0.2) is 4.68 Å². The SMILES string of the molecule is CC(C)OCCC1CCCCN1Cn1nc(CO)n(C)c1=S. The molecule has 1 saturated heterocycles. The van der Waals surface area contributed by atoms with Crippen molar-refractivity contribution in [1.29, 1.82) is 0 Å². The smallest absolute Gasteiger partial charge is 0.198 e. The van der Waals surface area contributed by atoms with Crippen LogP contribution in [0.25, 0.3) is 0 Å². The highest BCUT2D eigenvalue weighted by molar-refractivity contribution is 7.71. The maximum absolute atomic E-state index is 9.31. The summed E-state index contributed by atoms with van der Waals surface area (Å²) in [5, 5.41) is 13.7. The van der Waals surface area contributed by atoms with Crippen LogP contribution in [0.4, 0.5) is 0 Å². The second-order valence-electron chi connectivity index (χ2n) is 6.23. The molecule has 1 aliphatic rings. The summed E-state index contributed by atoms with van der Waals surface area (Å²) in [6.45, 7) is 6.62. The number of rotatable bonds is 7. The molecule has 2 rings (SSSR count). The first-order chi connectivity index (χ1) is 10.5. The van der Waals surface area contributed by atoms with Crippen molar-refractivity contribution >= 4 is 12.2 Å². The van der Waals surface area contributed by atoms with Gasteiger partial charge in [-0.15, -0.1) is 0 Å². The molecule has 1 aromatic rings. The van der Waals surface area contributed by atoms with Crippen molar-refractivity contribution in [2.75, 3.05) is 13.2 Å². The fourth-order valence-corrected chi connectivity index (χ4v) is 3.15. The lowest BCUT2D eigenvalue weighted by atomic mass is 10.0. The van der Waals surface area contributed by atoms with Crippen molar-refractivity contribution in [2.45, 2.75) is 65.0 Å². The zero-order valence-corrected chi connectivity index (χ0v) is 14.7. The van der Waals surface area contributed by atoms with E-state index in [4.69, 9.17) is 17.0 Å². The van der Waals surface area contributed by atoms with Crippen LogP contribution in [-0.2, 0) is 25.1 Å². The molecule has 1 aromatic heterocycles. The van der Waals surface area contributed by atoms with E-state index in [0.717, 1.165) is 19.6 Å². The van der Waals surface area contributed by atoms with E-state index in [1.807, 2.05) is 11.7 Å². The van der Waals surface area contributed by atoms with E-state index in [0.29, 0.717) is 23.3 Å². The average Bonchev–Trinajstić information content (AvgIpc) is 2.76. The molecule has 0 amide bonds. The summed E-state index contributed by atoms with van der Waals surface area (Å²) in [5.41, 5.74) is 0. The Labute approximate surface area is 137 Å². The number of aromatic nitrogens is 3. The van der Waals surface area contributed by atoms with Crippen molar-refractivity contribution in [3.63, 3.8) is 0 Å². The topological polar surface area (TPSA) is 55.4 Å². The first kappa shape index (κ1) is 17.6. The van der Waals surface area contributed by atoms with Crippen LogP contribution in [0.3, 0.4) is 0 Å². The van der Waals surface area contributed by atoms with Gasteiger partial charge in [-0.3, -0.25) is 4.90 Å². The van der Waals surface area contributed by atoms with Crippen LogP contribution in [0, 0.1) is 4.77 Å². The van der Waals surface area contributed by atoms with Crippen molar-refractivity contribution in [3.05, 3.63) is 10.6 Å². The number of nitrogens with zero attached hydrogens (tertiary/aromatic N) is 4. The minimum absolute atomic E-state index is 0.0845. The maximum atomic E-state index is 9.31. The highest BCUT2D eigenvalue weighted by atomic mass is 32.1. The fraction of sp³-hybridized carbons (Fsp3) is 0.867. The van der Waals surface area contributed by atoms with Crippen LogP contribution in [0.5, 0.6) is 0 Å². The Morgan fingerprint density at radius 1 is 1.41 bits per heavy atom. The second kappa shape index (κ2) is 8.19. The molecular weight excluding hydrogens is 300 g/mol. The van der Waals surface area contributed by atoms with E-state index in [9.17, 15) is 5.11 Å². The van der Waals surface area contributed by atoms with Crippen LogP contribution in [-0.4, -0.2) is 49.7 Å². The lowest BCUT2D eigenvalue weighted by Gasteiger charge is -2.35. The van der Waals surface area contributed by atoms with Crippen LogP contribution < -0.4 is 0 Å². The van der Waals surface area contributed by atoms with Gasteiger partial charge in [-0.1, -0.05) is 6.42 Å². The Bertz CT molecular complexity index is 526. The molecule has 1 N–H and O–H groups in total. The molecular formula is C15H28N4O2S. The molecule has 0 aromatic carbocycles. The molecule has 0 spiro atoms. The van der Waals surface area contributed by atoms with Crippen molar-refractivity contribution in [2.24, 2.45) is 7.05 Å². The van der Waals surface area contributed by atoms with E-state index in [2.05, 4.69) is 23.8 Å². The molecule has 7 heteroatoms. The Morgan fingerprint density at radius 2 is 2.18 bits per heavy atom. The molecule has 22 heavy (non-hydrogen) atoms. The van der Waals surface area contributed by atoms with E-state index in [-0.39, 0.29) is 12.7 Å². The molecule has 0 aliphatic carbocycles. The number of piperidine rings is 1. The second-order valence-corrected chi connectivity index (χ2v) is 6.59. The number of hydrogen-bond acceptors (Lipinski definition) is 5. The number of aliphatic hydroxyl groups is 1. The number of hydrogen-bond donors (Lipinski definition) is 1. The number of likely N-dealkylation sites (tertiary alicyclic amines) is 1. The minimum Gasteiger partial charge on any atom is -0.388 e. The minimum atomic E-state index is -0.0845. The van der Waals surface area contributed by atoms with Gasteiger partial charge < -0.3 is 14.4 Å². The van der Waals surface area contributed by atoms with Crippen LogP contribution >= 0.6 is 12.2 Å². The van der Waals surface area contributed by atoms with Crippen LogP contribution in [0.2, 0.25) is 0 Å². The molecule has 6 nitrogen and oxygen atoms in total. The summed E-state index contributed by atoms with van der Waals surface area (Å²) in [5.74, 6) is 0.613. The molecule has 126 valence electrons. The van der Waals surface area contributed by atoms with Gasteiger partial charge >= 0.3 is 0 Å². The predicted octanol–water partition coefficient (Wildman–Crippen LogP) is 2.07. The van der Waals surface area contributed by atoms with Crippen molar-refractivity contribution in [1.82, 2.24) is 19.2 Å². The van der Waals surface area contributed by atoms with Crippen molar-refractivity contribution in [3.8, 4) is 0 Å². The predicted molar refractivity (Wildman–Crippen MR) is 88.0 cm³/mol. The summed E-state index contributed by atoms with van der Waals surface area (Å²) in [6, 6.07) is 0.522. The van der Waals surface area contributed by atoms with Gasteiger partial charge in [0, 0.05) is 26.2 Å². The lowest BCUT2D eigenvalue weighted by Crippen LogP contribution is -2.41. The third-order valence-electron chi connectivity index (χ3n) is 4.24. The van der Waals surface area contributed by atoms with E-state index in [1.165, 1.54) is 19.3 Å². The van der Waals surface area contributed by atoms with Crippen molar-refractivity contribution < 1.29 is 9.84 Å². The molecule has 2 heterocycles. The van der Waals surface area contributed by atoms with Gasteiger partial charge in [0.2, 0.25) is 0 Å². The highest BCUT2D eigenvalue weighted by Gasteiger charge is 2.23. The summed E-state index contributed by atoms with van der Waals surface area (Å²) in [7, 11) is 1.85. The zero-order valence-electron chi connectivity index (χ0n) is 13.9. The Kier molecular flexibility index (Phi) is 6.55. The molecule has 1 fully saturated rings. The molecule has 0 bridgehead atoms. The molecule has 0 radical (unpaired) electrons. The quantitative estimate of drug-likeness (QED) is 0.777. The Morgan fingerprint density at radius 3 is 2.82 bits per heavy atom. The summed E-state index contributed by atoms with van der Waals surface area (Å²) in [6.07, 6.45) is 5.03. The lowest BCUT2D eigenvalue weighted by molar-refractivity contribution is 0.0364. The third-order valence-corrected chi connectivity index (χ3v) is 4.72. The summed E-state index contributed by atoms with van der Waals surface area (Å²) < 4.78 is 9.96. The van der Waals surface area contributed by atoms with Gasteiger partial charge in [0.25, 0.3) is 0 Å². The highest BCUT2D eigenvalue weighted by Crippen LogP contribution is 2.20. The van der Waals surface area contributed by atoms with Gasteiger partial charge in [-0.05, 0) is 45.3 Å². The number of ether oxygens (including phenoxy) is 1. The first-order valence-corrected chi connectivity index (χ1v) is 8.53. The summed E-state index contributed by atoms with van der Waals surface area (Å²) >= 11 is 5.41. The molecule has 1 unspecified atom stereocenters. The van der Waals surface area contributed by atoms with E-state index < -0.39 is 0 Å². The zero-order chi connectivity index (χ0) is 16.1. The molecule has 1 aliphatic heterocycles. The van der Waals surface area contributed by atoms with Gasteiger partial charge in [-0.2, -0.15) is 5.10 Å². The normalized spacial score (nSPS) is 20.0. The largest absolute Gasteiger partial charge is 0.388 e. The Hall–Kier alpha value is -0.760. The van der Waals surface area contributed by atoms with Gasteiger partial charge in [0.1, 0.15) is 6.61 Å². The van der Waals surface area contributed by atoms with Crippen LogP contribution in [0.1, 0.15) is 45.4 Å². The molecule has 1 atom stereocenters. The summed E-state index contributed by atoms with van der Waals surface area (Å²) in [4.78, 5) is 2.44. The average molecular weight is 328 g/mol. The molecule has 0 saturated carbocycles. The fourth-order valence-electron chi connectivity index (χ4n) is 2.95. The monoisotopic (exact) mass is 328 g/mol. The Balaban J connectivity index is 2.00. The maximum Gasteiger partial charge on any atom is 0.198 e. The van der Waals surface area contributed by atoms with E-state index >= 15 is 0 Å². The van der Waals surface area contributed by atoms with Gasteiger partial charge in [0.15, 0.2) is 10.6 Å². The van der Waals surface area contributed by atoms with Gasteiger partial charge in [0.05, 0.1) is 12.8 Å². The first-order valence-electron chi connectivity index (χ1n) is 8.12. The number of aliphatic hydroxyl groups excluding tert-OH is 1. The third kappa shape index (κ3) is 4.38. The van der Waals surface area contributed by atoms with E-state index in [1.54, 1.807) is 4.57 Å².